The van der Waals surface area contributed by atoms with Crippen molar-refractivity contribution in [2.75, 3.05) is 64.3 Å². The zero-order valence-electron chi connectivity index (χ0n) is 18.9. The molecule has 0 heterocycles. The van der Waals surface area contributed by atoms with Crippen molar-refractivity contribution < 1.29 is 19.1 Å². The summed E-state index contributed by atoms with van der Waals surface area (Å²) in [4.78, 5) is 29.6. The normalized spacial score (nSPS) is 10.9. The summed E-state index contributed by atoms with van der Waals surface area (Å²) in [5.41, 5.74) is 3.07. The lowest BCUT2D eigenvalue weighted by molar-refractivity contribution is 0.0592. The predicted molar refractivity (Wildman–Crippen MR) is 135 cm³/mol. The van der Waals surface area contributed by atoms with Gasteiger partial charge in [-0.3, -0.25) is 4.90 Å². The molecule has 0 saturated carbocycles. The number of benzene rings is 2. The van der Waals surface area contributed by atoms with Crippen molar-refractivity contribution in [2.24, 2.45) is 0 Å². The second-order valence-corrected chi connectivity index (χ2v) is 8.69. The molecule has 0 bridgehead atoms. The zero-order valence-corrected chi connectivity index (χ0v) is 20.7. The van der Waals surface area contributed by atoms with Crippen LogP contribution in [0, 0.1) is 0 Å². The van der Waals surface area contributed by atoms with Gasteiger partial charge in [0.2, 0.25) is 0 Å². The maximum atomic E-state index is 11.6. The monoisotopic (exact) mass is 477 g/mol. The minimum Gasteiger partial charge on any atom is -0.465 e. The summed E-state index contributed by atoms with van der Waals surface area (Å²) in [6, 6.07) is 14.7. The number of rotatable bonds is 11. The van der Waals surface area contributed by atoms with Gasteiger partial charge in [0.15, 0.2) is 0 Å². The van der Waals surface area contributed by atoms with Gasteiger partial charge >= 0.3 is 11.9 Å². The van der Waals surface area contributed by atoms with Crippen molar-refractivity contribution in [1.82, 2.24) is 4.90 Å². The van der Waals surface area contributed by atoms with E-state index in [0.29, 0.717) is 11.1 Å². The average molecular weight is 478 g/mol. The molecule has 0 unspecified atom stereocenters. The quantitative estimate of drug-likeness (QED) is 0.293. The number of carbonyl (C=O) groups excluding carboxylic acids is 2. The molecule has 0 atom stereocenters. The first kappa shape index (κ1) is 25.9. The second kappa shape index (κ2) is 12.6. The van der Waals surface area contributed by atoms with Crippen LogP contribution in [0.15, 0.2) is 48.5 Å². The Morgan fingerprint density at radius 1 is 0.719 bits per heavy atom. The van der Waals surface area contributed by atoms with Crippen LogP contribution in [0.4, 0.5) is 11.4 Å². The van der Waals surface area contributed by atoms with E-state index in [9.17, 15) is 9.59 Å². The maximum Gasteiger partial charge on any atom is 0.337 e. The number of thiol groups is 2. The molecule has 0 fully saturated rings. The van der Waals surface area contributed by atoms with Gasteiger partial charge in [-0.2, -0.15) is 0 Å². The number of methoxy groups -OCH3 is 2. The summed E-state index contributed by atoms with van der Waals surface area (Å²) in [7, 11) is 6.76. The average Bonchev–Trinajstić information content (AvgIpc) is 2.82. The third-order valence-corrected chi connectivity index (χ3v) is 5.88. The van der Waals surface area contributed by atoms with Crippen LogP contribution in [0.1, 0.15) is 20.7 Å². The molecular weight excluding hydrogens is 446 g/mol. The van der Waals surface area contributed by atoms with E-state index in [0.717, 1.165) is 37.6 Å². The van der Waals surface area contributed by atoms with Crippen LogP contribution in [0.25, 0.3) is 0 Å². The molecule has 0 spiro atoms. The van der Waals surface area contributed by atoms with Crippen molar-refractivity contribution in [3.05, 3.63) is 59.7 Å². The molecule has 32 heavy (non-hydrogen) atoms. The number of anilines is 2. The lowest BCUT2D eigenvalue weighted by Gasteiger charge is -2.30. The van der Waals surface area contributed by atoms with Crippen molar-refractivity contribution in [2.45, 2.75) is 4.71 Å². The fraction of sp³-hybridized carbons (Fsp3) is 0.391. The third-order valence-electron chi connectivity index (χ3n) is 5.23. The molecule has 0 amide bonds. The van der Waals surface area contributed by atoms with Gasteiger partial charge < -0.3 is 19.3 Å². The lowest BCUT2D eigenvalue weighted by Crippen LogP contribution is -2.40. The molecular formula is C23H31N3O4S2. The Balaban J connectivity index is 1.89. The highest BCUT2D eigenvalue weighted by atomic mass is 32.2. The topological polar surface area (TPSA) is 62.3 Å². The smallest absolute Gasteiger partial charge is 0.337 e. The molecule has 0 aliphatic carbocycles. The van der Waals surface area contributed by atoms with Crippen LogP contribution >= 0.6 is 25.3 Å². The van der Waals surface area contributed by atoms with Gasteiger partial charge in [-0.25, -0.2) is 9.59 Å². The van der Waals surface area contributed by atoms with Gasteiger partial charge in [-0.15, -0.1) is 25.3 Å². The Hall–Kier alpha value is -2.36. The van der Waals surface area contributed by atoms with Crippen molar-refractivity contribution in [1.29, 1.82) is 0 Å². The first-order chi connectivity index (χ1) is 15.3. The van der Waals surface area contributed by atoms with Crippen LogP contribution in [-0.4, -0.2) is 76.0 Å². The minimum atomic E-state index is -0.345. The summed E-state index contributed by atoms with van der Waals surface area (Å²) in [6.07, 6.45) is 0. The molecule has 0 N–H and O–H groups in total. The van der Waals surface area contributed by atoms with E-state index in [-0.39, 0.29) is 16.6 Å². The molecule has 2 rings (SSSR count). The van der Waals surface area contributed by atoms with E-state index < -0.39 is 0 Å². The SMILES string of the molecule is COC(=O)c1ccc(N(C)CCN(CCN(C)c2ccc(C(=O)OC)cc2)C(S)S)cc1. The van der Waals surface area contributed by atoms with Crippen LogP contribution in [0.2, 0.25) is 0 Å². The number of hydrogen-bond acceptors (Lipinski definition) is 9. The van der Waals surface area contributed by atoms with Crippen molar-refractivity contribution in [3.8, 4) is 0 Å². The van der Waals surface area contributed by atoms with E-state index >= 15 is 0 Å². The number of ether oxygens (including phenoxy) is 2. The molecule has 0 aromatic heterocycles. The first-order valence-corrected chi connectivity index (χ1v) is 11.2. The van der Waals surface area contributed by atoms with Crippen LogP contribution in [-0.2, 0) is 9.47 Å². The molecule has 0 aliphatic rings. The molecule has 7 nitrogen and oxygen atoms in total. The lowest BCUT2D eigenvalue weighted by atomic mass is 10.2. The van der Waals surface area contributed by atoms with Gasteiger partial charge in [0.25, 0.3) is 0 Å². The fourth-order valence-electron chi connectivity index (χ4n) is 3.10. The first-order valence-electron chi connectivity index (χ1n) is 10.2. The highest BCUT2D eigenvalue weighted by Crippen LogP contribution is 2.17. The standard InChI is InChI=1S/C23H31N3O4S2/c1-24(19-9-5-17(6-10-19)21(27)29-3)13-15-26(23(31)32)16-14-25(2)20-11-7-18(8-12-20)22(28)30-4/h5-12,23,31-32H,13-16H2,1-4H3. The number of likely N-dealkylation sites (N-methyl/N-ethyl adjacent to an activating group) is 2. The Kier molecular flexibility index (Phi) is 10.2. The molecule has 0 aliphatic heterocycles. The van der Waals surface area contributed by atoms with Crippen molar-refractivity contribution in [3.63, 3.8) is 0 Å². The van der Waals surface area contributed by atoms with E-state index in [2.05, 4.69) is 40.0 Å². The van der Waals surface area contributed by atoms with E-state index in [1.165, 1.54) is 14.2 Å². The van der Waals surface area contributed by atoms with E-state index in [4.69, 9.17) is 9.47 Å². The Morgan fingerprint density at radius 3 is 1.34 bits per heavy atom. The Labute approximate surface area is 201 Å². The second-order valence-electron chi connectivity index (χ2n) is 7.30. The highest BCUT2D eigenvalue weighted by molar-refractivity contribution is 7.99. The van der Waals surface area contributed by atoms with Gasteiger partial charge in [-0.05, 0) is 48.5 Å². The van der Waals surface area contributed by atoms with Crippen LogP contribution < -0.4 is 9.80 Å². The number of hydrogen-bond donors (Lipinski definition) is 2. The van der Waals surface area contributed by atoms with Gasteiger partial charge in [0.05, 0.1) is 30.1 Å². The zero-order chi connectivity index (χ0) is 23.7. The van der Waals surface area contributed by atoms with Gasteiger partial charge in [0.1, 0.15) is 0 Å². The third kappa shape index (κ3) is 7.36. The molecule has 0 radical (unpaired) electrons. The van der Waals surface area contributed by atoms with E-state index in [1.807, 2.05) is 38.4 Å². The summed E-state index contributed by atoms with van der Waals surface area (Å²) in [5.74, 6) is -0.690. The number of nitrogens with zero attached hydrogens (tertiary/aromatic N) is 3. The molecule has 9 heteroatoms. The van der Waals surface area contributed by atoms with Crippen LogP contribution in [0.5, 0.6) is 0 Å². The molecule has 174 valence electrons. The number of carbonyl (C=O) groups is 2. The van der Waals surface area contributed by atoms with E-state index in [1.54, 1.807) is 24.3 Å². The molecule has 2 aromatic rings. The van der Waals surface area contributed by atoms with Crippen LogP contribution in [0.3, 0.4) is 0 Å². The Bertz CT molecular complexity index is 806. The van der Waals surface area contributed by atoms with Gasteiger partial charge in [-0.1, -0.05) is 0 Å². The Morgan fingerprint density at radius 2 is 1.06 bits per heavy atom. The molecule has 2 aromatic carbocycles. The largest absolute Gasteiger partial charge is 0.465 e. The summed E-state index contributed by atoms with van der Waals surface area (Å²) in [6.45, 7) is 3.07. The predicted octanol–water partition coefficient (Wildman–Crippen LogP) is 3.28. The van der Waals surface area contributed by atoms with Gasteiger partial charge in [0, 0.05) is 51.6 Å². The molecule has 0 saturated heterocycles. The summed E-state index contributed by atoms with van der Waals surface area (Å²) in [5, 5.41) is 0. The summed E-state index contributed by atoms with van der Waals surface area (Å²) >= 11 is 9.03. The highest BCUT2D eigenvalue weighted by Gasteiger charge is 2.14. The van der Waals surface area contributed by atoms with Crippen molar-refractivity contribution >= 4 is 48.6 Å². The number of esters is 2. The maximum absolute atomic E-state index is 11.6. The minimum absolute atomic E-state index is 0.194. The summed E-state index contributed by atoms with van der Waals surface area (Å²) < 4.78 is 9.29. The fourth-order valence-corrected chi connectivity index (χ4v) is 3.56.